The van der Waals surface area contributed by atoms with Crippen LogP contribution in [0, 0.1) is 29.3 Å². The van der Waals surface area contributed by atoms with Gasteiger partial charge in [-0.2, -0.15) is 0 Å². The van der Waals surface area contributed by atoms with Crippen molar-refractivity contribution in [1.29, 1.82) is 0 Å². The van der Waals surface area contributed by atoms with Crippen LogP contribution in [0.4, 0.5) is 18.9 Å². The van der Waals surface area contributed by atoms with E-state index in [9.17, 15) is 26.4 Å². The molecule has 1 heterocycles. The van der Waals surface area contributed by atoms with Crippen molar-refractivity contribution in [3.63, 3.8) is 0 Å². The van der Waals surface area contributed by atoms with E-state index in [1.54, 1.807) is 12.4 Å². The third-order valence-corrected chi connectivity index (χ3v) is 9.97. The zero-order valence-electron chi connectivity index (χ0n) is 19.0. The monoisotopic (exact) mass is 537 g/mol. The number of rotatable bonds is 5. The fourth-order valence-corrected chi connectivity index (χ4v) is 8.15. The van der Waals surface area contributed by atoms with Gasteiger partial charge in [0.1, 0.15) is 5.82 Å². The van der Waals surface area contributed by atoms with Crippen molar-refractivity contribution < 1.29 is 26.4 Å². The van der Waals surface area contributed by atoms with Crippen LogP contribution < -0.4 is 5.32 Å². The topological polar surface area (TPSA) is 91.9 Å². The van der Waals surface area contributed by atoms with E-state index in [2.05, 4.69) is 15.3 Å². The van der Waals surface area contributed by atoms with E-state index in [1.165, 1.54) is 18.2 Å². The van der Waals surface area contributed by atoms with Crippen LogP contribution in [-0.4, -0.2) is 29.5 Å². The molecule has 0 saturated heterocycles. The predicted octanol–water partition coefficient (Wildman–Crippen LogP) is 5.87. The minimum atomic E-state index is -3.89. The van der Waals surface area contributed by atoms with Gasteiger partial charge in [-0.3, -0.25) is 4.79 Å². The third kappa shape index (κ3) is 4.52. The van der Waals surface area contributed by atoms with Gasteiger partial charge in [0.25, 0.3) is 5.91 Å². The SMILES string of the molecule is O=C(Nc1cc(F)c(F)c(F)c1)c1ccc(Cl)c(S(=O)(=O)C2CC3CCCC(C2)C3c2ncc[nH]2)c1. The van der Waals surface area contributed by atoms with Crippen LogP contribution in [0.3, 0.4) is 0 Å². The van der Waals surface area contributed by atoms with Crippen LogP contribution in [0.15, 0.2) is 47.6 Å². The van der Waals surface area contributed by atoms with E-state index in [1.807, 2.05) is 0 Å². The number of imidazole rings is 1. The normalized spacial score (nSPS) is 23.9. The minimum absolute atomic E-state index is 0.0104. The first-order valence-electron chi connectivity index (χ1n) is 11.6. The molecule has 6 nitrogen and oxygen atoms in total. The second kappa shape index (κ2) is 9.55. The van der Waals surface area contributed by atoms with Gasteiger partial charge < -0.3 is 10.3 Å². The first-order valence-corrected chi connectivity index (χ1v) is 13.6. The maximum Gasteiger partial charge on any atom is 0.255 e. The molecule has 1 aromatic heterocycles. The Bertz CT molecular complexity index is 1380. The standard InChI is InChI=1S/C25H23ClF3N3O3S/c26-18-5-4-15(25(33)32-16-11-19(27)23(29)20(28)12-16)10-21(18)36(34,35)17-8-13-2-1-3-14(9-17)22(13)24-30-6-7-31-24/h4-7,10-14,17,22H,1-3,8-9H2,(H,30,31)(H,32,33). The summed E-state index contributed by atoms with van der Waals surface area (Å²) in [5, 5.41) is 1.60. The van der Waals surface area contributed by atoms with Gasteiger partial charge >= 0.3 is 0 Å². The first-order chi connectivity index (χ1) is 17.1. The lowest BCUT2D eigenvalue weighted by Crippen LogP contribution is -2.40. The molecule has 2 unspecified atom stereocenters. The summed E-state index contributed by atoms with van der Waals surface area (Å²) in [6.45, 7) is 0. The van der Waals surface area contributed by atoms with E-state index in [0.717, 1.165) is 25.1 Å². The summed E-state index contributed by atoms with van der Waals surface area (Å²) in [4.78, 5) is 20.2. The number of anilines is 1. The highest BCUT2D eigenvalue weighted by Gasteiger charge is 2.46. The van der Waals surface area contributed by atoms with E-state index in [-0.39, 0.29) is 38.9 Å². The lowest BCUT2D eigenvalue weighted by molar-refractivity contribution is 0.102. The first kappa shape index (κ1) is 24.8. The zero-order chi connectivity index (χ0) is 25.6. The average molecular weight is 538 g/mol. The van der Waals surface area contributed by atoms with Crippen molar-refractivity contribution in [2.24, 2.45) is 11.8 Å². The predicted molar refractivity (Wildman–Crippen MR) is 128 cm³/mol. The van der Waals surface area contributed by atoms with E-state index in [0.29, 0.717) is 25.0 Å². The molecule has 2 atom stereocenters. The number of hydrogen-bond acceptors (Lipinski definition) is 4. The molecule has 0 radical (unpaired) electrons. The maximum atomic E-state index is 13.7. The Balaban J connectivity index is 1.40. The van der Waals surface area contributed by atoms with Gasteiger partial charge in [-0.25, -0.2) is 26.6 Å². The van der Waals surface area contributed by atoms with Gasteiger partial charge in [-0.05, 0) is 55.7 Å². The number of sulfone groups is 1. The van der Waals surface area contributed by atoms with E-state index in [4.69, 9.17) is 11.6 Å². The summed E-state index contributed by atoms with van der Waals surface area (Å²) in [7, 11) is -3.89. The quantitative estimate of drug-likeness (QED) is 0.398. The molecule has 2 saturated carbocycles. The molecule has 0 aliphatic heterocycles. The second-order valence-electron chi connectivity index (χ2n) is 9.44. The number of nitrogens with zero attached hydrogens (tertiary/aromatic N) is 1. The Hall–Kier alpha value is -2.85. The minimum Gasteiger partial charge on any atom is -0.348 e. The number of H-pyrrole nitrogens is 1. The number of fused-ring (bicyclic) bond motifs is 2. The largest absolute Gasteiger partial charge is 0.348 e. The average Bonchev–Trinajstić information content (AvgIpc) is 3.36. The second-order valence-corrected chi connectivity index (χ2v) is 12.0. The molecule has 190 valence electrons. The van der Waals surface area contributed by atoms with E-state index >= 15 is 0 Å². The Morgan fingerprint density at radius 3 is 2.33 bits per heavy atom. The van der Waals surface area contributed by atoms with Crippen LogP contribution in [0.5, 0.6) is 0 Å². The summed E-state index contributed by atoms with van der Waals surface area (Å²) in [6, 6.07) is 5.08. The maximum absolute atomic E-state index is 13.7. The Morgan fingerprint density at radius 1 is 1.06 bits per heavy atom. The number of aromatic nitrogens is 2. The molecule has 11 heteroatoms. The number of carbonyl (C=O) groups is 1. The molecule has 5 rings (SSSR count). The molecular weight excluding hydrogens is 515 g/mol. The zero-order valence-corrected chi connectivity index (χ0v) is 20.6. The van der Waals surface area contributed by atoms with Gasteiger partial charge in [0, 0.05) is 41.7 Å². The lowest BCUT2D eigenvalue weighted by Gasteiger charge is -2.44. The summed E-state index contributed by atoms with van der Waals surface area (Å²) in [5.74, 6) is -3.98. The van der Waals surface area contributed by atoms with Crippen LogP contribution in [0.25, 0.3) is 0 Å². The molecule has 0 spiro atoms. The Labute approximate surface area is 211 Å². The van der Waals surface area contributed by atoms with Crippen molar-refractivity contribution in [2.45, 2.75) is 48.2 Å². The molecular formula is C25H23ClF3N3O3S. The Morgan fingerprint density at radius 2 is 1.72 bits per heavy atom. The number of amides is 1. The van der Waals surface area contributed by atoms with Gasteiger partial charge in [0.05, 0.1) is 15.2 Å². The highest BCUT2D eigenvalue weighted by molar-refractivity contribution is 7.92. The van der Waals surface area contributed by atoms with Crippen molar-refractivity contribution in [2.75, 3.05) is 5.32 Å². The number of benzene rings is 2. The smallest absolute Gasteiger partial charge is 0.255 e. The van der Waals surface area contributed by atoms with Gasteiger partial charge in [-0.1, -0.05) is 18.0 Å². The molecule has 36 heavy (non-hydrogen) atoms. The fraction of sp³-hybridized carbons (Fsp3) is 0.360. The van der Waals surface area contributed by atoms with Crippen LogP contribution >= 0.6 is 11.6 Å². The van der Waals surface area contributed by atoms with Gasteiger partial charge in [-0.15, -0.1) is 0 Å². The Kier molecular flexibility index (Phi) is 6.59. The third-order valence-electron chi connectivity index (χ3n) is 7.31. The van der Waals surface area contributed by atoms with Crippen molar-refractivity contribution in [3.8, 4) is 0 Å². The van der Waals surface area contributed by atoms with Crippen molar-refractivity contribution in [1.82, 2.24) is 9.97 Å². The van der Waals surface area contributed by atoms with Crippen LogP contribution in [0.2, 0.25) is 5.02 Å². The molecule has 2 aliphatic carbocycles. The van der Waals surface area contributed by atoms with Crippen LogP contribution in [0.1, 0.15) is 54.2 Å². The fourth-order valence-electron chi connectivity index (χ4n) is 5.72. The number of hydrogen-bond donors (Lipinski definition) is 2. The molecule has 2 bridgehead atoms. The van der Waals surface area contributed by atoms with Gasteiger partial charge in [0.15, 0.2) is 27.3 Å². The van der Waals surface area contributed by atoms with Gasteiger partial charge in [0.2, 0.25) is 0 Å². The number of carbonyl (C=O) groups excluding carboxylic acids is 1. The highest BCUT2D eigenvalue weighted by Crippen LogP contribution is 2.51. The number of nitrogens with one attached hydrogen (secondary N) is 2. The number of aromatic amines is 1. The lowest BCUT2D eigenvalue weighted by atomic mass is 9.64. The number of halogens is 4. The summed E-state index contributed by atoms with van der Waals surface area (Å²) in [6.07, 6.45) is 7.28. The summed E-state index contributed by atoms with van der Waals surface area (Å²) >= 11 is 6.29. The van der Waals surface area contributed by atoms with Crippen LogP contribution in [-0.2, 0) is 9.84 Å². The molecule has 2 aromatic carbocycles. The van der Waals surface area contributed by atoms with Crippen molar-refractivity contribution in [3.05, 3.63) is 76.6 Å². The van der Waals surface area contributed by atoms with Crippen molar-refractivity contribution >= 4 is 33.0 Å². The molecule has 3 aromatic rings. The molecule has 2 aliphatic rings. The molecule has 2 N–H and O–H groups in total. The summed E-state index contributed by atoms with van der Waals surface area (Å²) < 4.78 is 67.7. The highest BCUT2D eigenvalue weighted by atomic mass is 35.5. The molecule has 2 fully saturated rings. The molecule has 1 amide bonds. The summed E-state index contributed by atoms with van der Waals surface area (Å²) in [5.41, 5.74) is -0.368. The van der Waals surface area contributed by atoms with E-state index < -0.39 is 38.4 Å².